The Morgan fingerprint density at radius 1 is 0.247 bits per heavy atom. The molecule has 0 saturated heterocycles. The van der Waals surface area contributed by atoms with Gasteiger partial charge in [0, 0.05) is 19.3 Å². The van der Waals surface area contributed by atoms with Crippen LogP contribution in [-0.4, -0.2) is 37.2 Å². The molecule has 0 aliphatic heterocycles. The van der Waals surface area contributed by atoms with E-state index < -0.39 is 6.10 Å². The lowest BCUT2D eigenvalue weighted by atomic mass is 10.0. The molecular weight excluding hydrogens is 997 g/mol. The Labute approximate surface area is 506 Å². The molecule has 476 valence electrons. The van der Waals surface area contributed by atoms with Crippen LogP contribution < -0.4 is 0 Å². The summed E-state index contributed by atoms with van der Waals surface area (Å²) in [6, 6.07) is 0. The molecule has 0 aliphatic rings. The van der Waals surface area contributed by atoms with Crippen molar-refractivity contribution in [1.29, 1.82) is 0 Å². The number of rotatable bonds is 68. The van der Waals surface area contributed by atoms with E-state index in [0.717, 1.165) is 77.0 Å². The fourth-order valence-electron chi connectivity index (χ4n) is 11.1. The summed E-state index contributed by atoms with van der Waals surface area (Å²) in [6.07, 6.45) is 87.6. The maximum Gasteiger partial charge on any atom is 0.306 e. The van der Waals surface area contributed by atoms with Gasteiger partial charge in [0.2, 0.25) is 0 Å². The molecule has 0 radical (unpaired) electrons. The minimum atomic E-state index is -0.778. The Balaban J connectivity index is 4.21. The fourth-order valence-corrected chi connectivity index (χ4v) is 11.1. The topological polar surface area (TPSA) is 78.9 Å². The highest BCUT2D eigenvalue weighted by atomic mass is 16.6. The highest BCUT2D eigenvalue weighted by Crippen LogP contribution is 2.19. The SMILES string of the molecule is CCCCC/C=C\C/C=C\CCCCCCCC(=O)OCC(COC(=O)CCCCCCCCCCCCCCCCCCCCCCCCCCCCCCC)OC(=O)CCCCCCCCCCC/C=C\CCCCCCCC. The summed E-state index contributed by atoms with van der Waals surface area (Å²) in [5.41, 5.74) is 0. The normalized spacial score (nSPS) is 12.2. The van der Waals surface area contributed by atoms with Gasteiger partial charge >= 0.3 is 17.9 Å². The average Bonchev–Trinajstić information content (AvgIpc) is 3.47. The second-order valence-corrected chi connectivity index (χ2v) is 24.9. The summed E-state index contributed by atoms with van der Waals surface area (Å²) in [6.45, 7) is 6.67. The van der Waals surface area contributed by atoms with Crippen molar-refractivity contribution in [3.63, 3.8) is 0 Å². The lowest BCUT2D eigenvalue weighted by molar-refractivity contribution is -0.167. The molecular formula is C75H140O6. The van der Waals surface area contributed by atoms with Crippen LogP contribution in [0.15, 0.2) is 36.5 Å². The van der Waals surface area contributed by atoms with Crippen LogP contribution in [-0.2, 0) is 28.6 Å². The van der Waals surface area contributed by atoms with Crippen molar-refractivity contribution >= 4 is 17.9 Å². The average molecular weight is 1140 g/mol. The van der Waals surface area contributed by atoms with Gasteiger partial charge < -0.3 is 14.2 Å². The molecule has 0 amide bonds. The van der Waals surface area contributed by atoms with E-state index in [1.807, 2.05) is 0 Å². The lowest BCUT2D eigenvalue weighted by Gasteiger charge is -2.18. The number of ether oxygens (including phenoxy) is 3. The van der Waals surface area contributed by atoms with Crippen LogP contribution in [0.4, 0.5) is 0 Å². The number of allylic oxidation sites excluding steroid dienone is 6. The maximum absolute atomic E-state index is 12.9. The molecule has 0 N–H and O–H groups in total. The summed E-state index contributed by atoms with van der Waals surface area (Å²) < 4.78 is 17.0. The molecule has 1 unspecified atom stereocenters. The zero-order chi connectivity index (χ0) is 58.5. The van der Waals surface area contributed by atoms with Gasteiger partial charge in [-0.2, -0.15) is 0 Å². The first-order chi connectivity index (χ1) is 40.0. The molecule has 6 nitrogen and oxygen atoms in total. The van der Waals surface area contributed by atoms with Gasteiger partial charge in [0.05, 0.1) is 0 Å². The van der Waals surface area contributed by atoms with Gasteiger partial charge in [-0.25, -0.2) is 0 Å². The number of carbonyl (C=O) groups is 3. The fraction of sp³-hybridized carbons (Fsp3) is 0.880. The van der Waals surface area contributed by atoms with Crippen molar-refractivity contribution in [2.24, 2.45) is 0 Å². The summed E-state index contributed by atoms with van der Waals surface area (Å²) in [5.74, 6) is -0.861. The summed E-state index contributed by atoms with van der Waals surface area (Å²) in [5, 5.41) is 0. The highest BCUT2D eigenvalue weighted by molar-refractivity contribution is 5.71. The van der Waals surface area contributed by atoms with E-state index >= 15 is 0 Å². The first-order valence-electron chi connectivity index (χ1n) is 36.5. The van der Waals surface area contributed by atoms with Gasteiger partial charge in [0.15, 0.2) is 6.10 Å². The van der Waals surface area contributed by atoms with Crippen LogP contribution >= 0.6 is 0 Å². The van der Waals surface area contributed by atoms with Crippen LogP contribution in [0.3, 0.4) is 0 Å². The van der Waals surface area contributed by atoms with Gasteiger partial charge in [-0.3, -0.25) is 14.4 Å². The Kier molecular flexibility index (Phi) is 68.1. The van der Waals surface area contributed by atoms with Crippen LogP contribution in [0.1, 0.15) is 406 Å². The molecule has 0 saturated carbocycles. The van der Waals surface area contributed by atoms with Crippen molar-refractivity contribution in [3.8, 4) is 0 Å². The predicted molar refractivity (Wildman–Crippen MR) is 353 cm³/mol. The molecule has 0 spiro atoms. The van der Waals surface area contributed by atoms with E-state index in [0.29, 0.717) is 19.3 Å². The highest BCUT2D eigenvalue weighted by Gasteiger charge is 2.19. The van der Waals surface area contributed by atoms with E-state index in [1.54, 1.807) is 0 Å². The van der Waals surface area contributed by atoms with Crippen molar-refractivity contribution in [2.45, 2.75) is 412 Å². The molecule has 0 bridgehead atoms. The van der Waals surface area contributed by atoms with Gasteiger partial charge in [0.25, 0.3) is 0 Å². The second-order valence-electron chi connectivity index (χ2n) is 24.9. The van der Waals surface area contributed by atoms with Gasteiger partial charge in [-0.15, -0.1) is 0 Å². The van der Waals surface area contributed by atoms with Crippen molar-refractivity contribution in [3.05, 3.63) is 36.5 Å². The first kappa shape index (κ1) is 78.6. The third kappa shape index (κ3) is 68.3. The zero-order valence-electron chi connectivity index (χ0n) is 54.8. The van der Waals surface area contributed by atoms with Gasteiger partial charge in [-0.1, -0.05) is 346 Å². The molecule has 0 aromatic heterocycles. The third-order valence-electron chi connectivity index (χ3n) is 16.6. The molecule has 0 heterocycles. The molecule has 81 heavy (non-hydrogen) atoms. The number of esters is 3. The molecule has 0 rings (SSSR count). The summed E-state index contributed by atoms with van der Waals surface area (Å²) in [7, 11) is 0. The van der Waals surface area contributed by atoms with Crippen LogP contribution in [0.5, 0.6) is 0 Å². The standard InChI is InChI=1S/C75H140O6/c1-4-7-10-13-16-19-22-25-28-30-32-33-34-35-36-37-38-39-40-41-43-44-47-50-53-56-59-62-65-68-74(77)80-71-72(70-79-73(76)67-64-61-58-55-52-49-46-27-24-21-18-15-12-9-6-3)81-75(78)69-66-63-60-57-54-51-48-45-42-31-29-26-23-20-17-14-11-8-5-2/h18,21,26-27,29,46,72H,4-17,19-20,22-25,28,30-45,47-71H2,1-3H3/b21-18-,29-26-,46-27-. The van der Waals surface area contributed by atoms with Gasteiger partial charge in [-0.05, 0) is 77.0 Å². The minimum Gasteiger partial charge on any atom is -0.462 e. The summed E-state index contributed by atoms with van der Waals surface area (Å²) in [4.78, 5) is 38.4. The number of hydrogen-bond donors (Lipinski definition) is 0. The Morgan fingerprint density at radius 2 is 0.444 bits per heavy atom. The van der Waals surface area contributed by atoms with Crippen LogP contribution in [0.2, 0.25) is 0 Å². The second kappa shape index (κ2) is 70.1. The zero-order valence-corrected chi connectivity index (χ0v) is 54.8. The lowest BCUT2D eigenvalue weighted by Crippen LogP contribution is -2.30. The van der Waals surface area contributed by atoms with E-state index in [4.69, 9.17) is 14.2 Å². The van der Waals surface area contributed by atoms with Crippen molar-refractivity contribution in [2.75, 3.05) is 13.2 Å². The number of unbranched alkanes of at least 4 members (excludes halogenated alkanes) is 51. The maximum atomic E-state index is 12.9. The largest absolute Gasteiger partial charge is 0.462 e. The van der Waals surface area contributed by atoms with E-state index in [1.165, 1.54) is 289 Å². The third-order valence-corrected chi connectivity index (χ3v) is 16.6. The van der Waals surface area contributed by atoms with E-state index in [-0.39, 0.29) is 31.1 Å². The Morgan fingerprint density at radius 3 is 0.716 bits per heavy atom. The monoisotopic (exact) mass is 1140 g/mol. The van der Waals surface area contributed by atoms with Crippen molar-refractivity contribution in [1.82, 2.24) is 0 Å². The number of carbonyl (C=O) groups excluding carboxylic acids is 3. The van der Waals surface area contributed by atoms with E-state index in [9.17, 15) is 14.4 Å². The molecule has 0 aromatic carbocycles. The van der Waals surface area contributed by atoms with Crippen molar-refractivity contribution < 1.29 is 28.6 Å². The quantitative estimate of drug-likeness (QED) is 0.0261. The molecule has 0 aliphatic carbocycles. The number of hydrogen-bond acceptors (Lipinski definition) is 6. The molecule has 1 atom stereocenters. The molecule has 6 heteroatoms. The van der Waals surface area contributed by atoms with Crippen LogP contribution in [0, 0.1) is 0 Å². The predicted octanol–water partition coefficient (Wildman–Crippen LogP) is 25.1. The summed E-state index contributed by atoms with van der Waals surface area (Å²) >= 11 is 0. The molecule has 0 aromatic rings. The van der Waals surface area contributed by atoms with E-state index in [2.05, 4.69) is 57.2 Å². The molecule has 0 fully saturated rings. The minimum absolute atomic E-state index is 0.0728. The Bertz CT molecular complexity index is 1350. The van der Waals surface area contributed by atoms with Gasteiger partial charge in [0.1, 0.15) is 13.2 Å². The van der Waals surface area contributed by atoms with Crippen LogP contribution in [0.25, 0.3) is 0 Å². The smallest absolute Gasteiger partial charge is 0.306 e. The first-order valence-corrected chi connectivity index (χ1v) is 36.5. The Hall–Kier alpha value is -2.37.